The van der Waals surface area contributed by atoms with Crippen molar-refractivity contribution in [2.75, 3.05) is 0 Å². The van der Waals surface area contributed by atoms with Gasteiger partial charge in [-0.3, -0.25) is 0 Å². The first-order valence-corrected chi connectivity index (χ1v) is 6.32. The van der Waals surface area contributed by atoms with Gasteiger partial charge >= 0.3 is 0 Å². The Balaban J connectivity index is 1.93. The summed E-state index contributed by atoms with van der Waals surface area (Å²) >= 11 is 0. The molecule has 96 valence electrons. The third-order valence-corrected chi connectivity index (χ3v) is 3.30. The van der Waals surface area contributed by atoms with Crippen molar-refractivity contribution in [3.63, 3.8) is 0 Å². The fourth-order valence-corrected chi connectivity index (χ4v) is 2.27. The van der Waals surface area contributed by atoms with Crippen molar-refractivity contribution in [2.24, 2.45) is 0 Å². The Morgan fingerprint density at radius 3 is 2.63 bits per heavy atom. The fourth-order valence-electron chi connectivity index (χ4n) is 2.27. The maximum Gasteiger partial charge on any atom is 0.124 e. The average Bonchev–Trinajstić information content (AvgIpc) is 2.92. The van der Waals surface area contributed by atoms with Crippen LogP contribution in [0.15, 0.2) is 54.6 Å². The summed E-state index contributed by atoms with van der Waals surface area (Å²) in [6, 6.07) is 15.9. The molecule has 0 unspecified atom stereocenters. The number of phenolic OH excluding ortho intramolecular Hbond substituents is 1. The zero-order valence-electron chi connectivity index (χ0n) is 10.7. The van der Waals surface area contributed by atoms with E-state index in [1.54, 1.807) is 6.07 Å². The van der Waals surface area contributed by atoms with Gasteiger partial charge in [0.05, 0.1) is 11.7 Å². The minimum absolute atomic E-state index is 0.121. The van der Waals surface area contributed by atoms with E-state index in [2.05, 4.69) is 29.1 Å². The van der Waals surface area contributed by atoms with Gasteiger partial charge in [0.15, 0.2) is 0 Å². The predicted molar refractivity (Wildman–Crippen MR) is 76.3 cm³/mol. The lowest BCUT2D eigenvalue weighted by atomic mass is 10.0. The molecule has 1 atom stereocenters. The van der Waals surface area contributed by atoms with Gasteiger partial charge < -0.3 is 10.5 Å². The lowest BCUT2D eigenvalue weighted by Gasteiger charge is -2.09. The standard InChI is InChI=1S/C16H16N2O/c1-11-7-8-16(19)13(9-11)15-10-14(17-18-15)12-5-3-2-4-6-12/h2-10,14,17-19H,1H3/t14-/m1/s1. The Labute approximate surface area is 112 Å². The molecule has 0 fully saturated rings. The van der Waals surface area contributed by atoms with Gasteiger partial charge in [0.2, 0.25) is 0 Å². The molecule has 2 aromatic carbocycles. The quantitative estimate of drug-likeness (QED) is 0.770. The normalized spacial score (nSPS) is 17.9. The van der Waals surface area contributed by atoms with E-state index in [-0.39, 0.29) is 6.04 Å². The second-order valence-corrected chi connectivity index (χ2v) is 4.76. The lowest BCUT2D eigenvalue weighted by molar-refractivity contribution is 0.472. The number of hydrogen-bond acceptors (Lipinski definition) is 3. The molecule has 1 aliphatic heterocycles. The average molecular weight is 252 g/mol. The van der Waals surface area contributed by atoms with E-state index in [1.807, 2.05) is 37.3 Å². The number of phenols is 1. The van der Waals surface area contributed by atoms with E-state index in [1.165, 1.54) is 5.56 Å². The van der Waals surface area contributed by atoms with Crippen molar-refractivity contribution in [1.82, 2.24) is 10.9 Å². The fraction of sp³-hybridized carbons (Fsp3) is 0.125. The van der Waals surface area contributed by atoms with Gasteiger partial charge in [0.25, 0.3) is 0 Å². The summed E-state index contributed by atoms with van der Waals surface area (Å²) in [4.78, 5) is 0. The van der Waals surface area contributed by atoms with E-state index >= 15 is 0 Å². The summed E-state index contributed by atoms with van der Waals surface area (Å²) in [5.41, 5.74) is 10.4. The highest BCUT2D eigenvalue weighted by Gasteiger charge is 2.18. The Bertz CT molecular complexity index is 620. The van der Waals surface area contributed by atoms with Crippen LogP contribution in [0.2, 0.25) is 0 Å². The number of nitrogens with one attached hydrogen (secondary N) is 2. The summed E-state index contributed by atoms with van der Waals surface area (Å²) in [6.45, 7) is 2.01. The van der Waals surface area contributed by atoms with Crippen molar-refractivity contribution in [1.29, 1.82) is 0 Å². The monoisotopic (exact) mass is 252 g/mol. The molecule has 3 N–H and O–H groups in total. The summed E-state index contributed by atoms with van der Waals surface area (Å²) in [7, 11) is 0. The molecule has 0 saturated heterocycles. The van der Waals surface area contributed by atoms with Gasteiger partial charge in [-0.05, 0) is 30.7 Å². The molecular formula is C16H16N2O. The molecular weight excluding hydrogens is 236 g/mol. The van der Waals surface area contributed by atoms with Crippen LogP contribution in [0.5, 0.6) is 5.75 Å². The number of hydrazine groups is 1. The van der Waals surface area contributed by atoms with Crippen LogP contribution in [-0.4, -0.2) is 5.11 Å². The second kappa shape index (κ2) is 4.78. The molecule has 19 heavy (non-hydrogen) atoms. The first-order chi connectivity index (χ1) is 9.24. The molecule has 1 aliphatic rings. The molecule has 0 amide bonds. The van der Waals surface area contributed by atoms with Gasteiger partial charge in [-0.2, -0.15) is 0 Å². The van der Waals surface area contributed by atoms with Crippen molar-refractivity contribution in [2.45, 2.75) is 13.0 Å². The zero-order valence-corrected chi connectivity index (χ0v) is 10.7. The molecule has 0 aliphatic carbocycles. The maximum atomic E-state index is 9.94. The summed E-state index contributed by atoms with van der Waals surface area (Å²) in [5.74, 6) is 0.292. The van der Waals surface area contributed by atoms with Crippen molar-refractivity contribution < 1.29 is 5.11 Å². The van der Waals surface area contributed by atoms with Gasteiger partial charge in [0, 0.05) is 5.56 Å². The molecule has 1 heterocycles. The number of aromatic hydroxyl groups is 1. The number of rotatable bonds is 2. The highest BCUT2D eigenvalue weighted by atomic mass is 16.3. The molecule has 0 aromatic heterocycles. The zero-order chi connectivity index (χ0) is 13.2. The predicted octanol–water partition coefficient (Wildman–Crippen LogP) is 2.89. The molecule has 3 heteroatoms. The highest BCUT2D eigenvalue weighted by Crippen LogP contribution is 2.29. The van der Waals surface area contributed by atoms with Crippen LogP contribution in [0.1, 0.15) is 22.7 Å². The molecule has 0 radical (unpaired) electrons. The van der Waals surface area contributed by atoms with Crippen molar-refractivity contribution >= 4 is 5.70 Å². The molecule has 0 spiro atoms. The topological polar surface area (TPSA) is 44.3 Å². The van der Waals surface area contributed by atoms with Crippen LogP contribution in [0.25, 0.3) is 5.70 Å². The molecule has 3 nitrogen and oxygen atoms in total. The third kappa shape index (κ3) is 2.33. The van der Waals surface area contributed by atoms with Crippen molar-refractivity contribution in [3.8, 4) is 5.75 Å². The lowest BCUT2D eigenvalue weighted by Crippen LogP contribution is -2.26. The maximum absolute atomic E-state index is 9.94. The summed E-state index contributed by atoms with van der Waals surface area (Å²) in [5, 5.41) is 9.94. The highest BCUT2D eigenvalue weighted by molar-refractivity contribution is 5.71. The summed E-state index contributed by atoms with van der Waals surface area (Å²) in [6.07, 6.45) is 2.09. The second-order valence-electron chi connectivity index (χ2n) is 4.76. The SMILES string of the molecule is Cc1ccc(O)c(C2=C[C@H](c3ccccc3)NN2)c1. The van der Waals surface area contributed by atoms with Crippen LogP contribution in [0, 0.1) is 6.92 Å². The summed E-state index contributed by atoms with van der Waals surface area (Å²) < 4.78 is 0. The van der Waals surface area contributed by atoms with E-state index in [9.17, 15) is 5.11 Å². The Kier molecular flexibility index (Phi) is 2.97. The molecule has 0 bridgehead atoms. The minimum atomic E-state index is 0.121. The van der Waals surface area contributed by atoms with Crippen LogP contribution >= 0.6 is 0 Å². The van der Waals surface area contributed by atoms with Crippen LogP contribution in [0.4, 0.5) is 0 Å². The van der Waals surface area contributed by atoms with Crippen molar-refractivity contribution in [3.05, 3.63) is 71.3 Å². The largest absolute Gasteiger partial charge is 0.507 e. The molecule has 2 aromatic rings. The van der Waals surface area contributed by atoms with E-state index < -0.39 is 0 Å². The van der Waals surface area contributed by atoms with E-state index in [0.29, 0.717) is 5.75 Å². The molecule has 3 rings (SSSR count). The first kappa shape index (κ1) is 11.8. The van der Waals surface area contributed by atoms with Crippen LogP contribution in [-0.2, 0) is 0 Å². The number of hydrogen-bond donors (Lipinski definition) is 3. The van der Waals surface area contributed by atoms with Crippen LogP contribution < -0.4 is 10.9 Å². The number of benzene rings is 2. The smallest absolute Gasteiger partial charge is 0.124 e. The Hall–Kier alpha value is -2.26. The Morgan fingerprint density at radius 2 is 1.84 bits per heavy atom. The van der Waals surface area contributed by atoms with E-state index in [4.69, 9.17) is 0 Å². The third-order valence-electron chi connectivity index (χ3n) is 3.30. The van der Waals surface area contributed by atoms with Gasteiger partial charge in [-0.25, -0.2) is 5.43 Å². The van der Waals surface area contributed by atoms with Gasteiger partial charge in [-0.15, -0.1) is 0 Å². The Morgan fingerprint density at radius 1 is 1.05 bits per heavy atom. The van der Waals surface area contributed by atoms with Gasteiger partial charge in [0.1, 0.15) is 5.75 Å². The molecule has 0 saturated carbocycles. The minimum Gasteiger partial charge on any atom is -0.507 e. The first-order valence-electron chi connectivity index (χ1n) is 6.32. The number of aryl methyl sites for hydroxylation is 1. The van der Waals surface area contributed by atoms with Gasteiger partial charge in [-0.1, -0.05) is 42.0 Å². The van der Waals surface area contributed by atoms with E-state index in [0.717, 1.165) is 16.8 Å². The van der Waals surface area contributed by atoms with Crippen LogP contribution in [0.3, 0.4) is 0 Å².